The van der Waals surface area contributed by atoms with Crippen molar-refractivity contribution in [3.63, 3.8) is 0 Å². The molecule has 1 atom stereocenters. The molecule has 0 bridgehead atoms. The molecule has 0 unspecified atom stereocenters. The van der Waals surface area contributed by atoms with Crippen LogP contribution in [0.25, 0.3) is 11.4 Å². The minimum atomic E-state index is -0.425. The standard InChI is InChI=1S/C16H15N3O2/c1-20-13-9-7-12(8-10-13)15-18-16(21-19-15)14(17)11-5-3-2-4-6-11/h2-10,14H,17H2,1H3/t14-/m1/s1. The molecule has 3 rings (SSSR count). The van der Waals surface area contributed by atoms with Gasteiger partial charge in [-0.25, -0.2) is 0 Å². The van der Waals surface area contributed by atoms with Crippen LogP contribution < -0.4 is 10.5 Å². The van der Waals surface area contributed by atoms with Crippen LogP contribution in [0.1, 0.15) is 17.5 Å². The van der Waals surface area contributed by atoms with Crippen LogP contribution in [0.5, 0.6) is 5.75 Å². The summed E-state index contributed by atoms with van der Waals surface area (Å²) in [5.41, 5.74) is 7.92. The number of hydrogen-bond donors (Lipinski definition) is 1. The maximum absolute atomic E-state index is 6.14. The molecule has 1 heterocycles. The van der Waals surface area contributed by atoms with Gasteiger partial charge in [-0.05, 0) is 29.8 Å². The van der Waals surface area contributed by atoms with E-state index in [0.29, 0.717) is 11.7 Å². The van der Waals surface area contributed by atoms with Crippen LogP contribution in [0.2, 0.25) is 0 Å². The van der Waals surface area contributed by atoms with Gasteiger partial charge < -0.3 is 15.0 Å². The SMILES string of the molecule is COc1ccc(-c2noc([C@H](N)c3ccccc3)n2)cc1. The first-order valence-corrected chi connectivity index (χ1v) is 6.56. The highest BCUT2D eigenvalue weighted by Gasteiger charge is 2.17. The third-order valence-corrected chi connectivity index (χ3v) is 3.21. The van der Waals surface area contributed by atoms with Crippen molar-refractivity contribution < 1.29 is 9.26 Å². The summed E-state index contributed by atoms with van der Waals surface area (Å²) < 4.78 is 10.4. The van der Waals surface area contributed by atoms with Crippen molar-refractivity contribution in [1.29, 1.82) is 0 Å². The molecule has 0 spiro atoms. The zero-order valence-corrected chi connectivity index (χ0v) is 11.6. The number of ether oxygens (including phenoxy) is 1. The molecule has 1 aromatic heterocycles. The average Bonchev–Trinajstić information content (AvgIpc) is 3.05. The number of nitrogens with two attached hydrogens (primary N) is 1. The molecule has 0 radical (unpaired) electrons. The molecule has 0 fully saturated rings. The zero-order chi connectivity index (χ0) is 14.7. The van der Waals surface area contributed by atoms with Gasteiger partial charge in [-0.2, -0.15) is 4.98 Å². The lowest BCUT2D eigenvalue weighted by Crippen LogP contribution is -2.11. The summed E-state index contributed by atoms with van der Waals surface area (Å²) in [4.78, 5) is 4.37. The first-order chi connectivity index (χ1) is 10.3. The van der Waals surface area contributed by atoms with Crippen molar-refractivity contribution in [3.8, 4) is 17.1 Å². The monoisotopic (exact) mass is 281 g/mol. The number of nitrogens with zero attached hydrogens (tertiary/aromatic N) is 2. The average molecular weight is 281 g/mol. The van der Waals surface area contributed by atoms with Crippen molar-refractivity contribution >= 4 is 0 Å². The van der Waals surface area contributed by atoms with Gasteiger partial charge in [0.1, 0.15) is 11.8 Å². The maximum atomic E-state index is 6.14. The molecule has 5 nitrogen and oxygen atoms in total. The number of aromatic nitrogens is 2. The summed E-state index contributed by atoms with van der Waals surface area (Å²) >= 11 is 0. The Balaban J connectivity index is 1.85. The molecule has 0 saturated carbocycles. The zero-order valence-electron chi connectivity index (χ0n) is 11.6. The minimum Gasteiger partial charge on any atom is -0.497 e. The van der Waals surface area contributed by atoms with Gasteiger partial charge in [0.2, 0.25) is 11.7 Å². The van der Waals surface area contributed by atoms with Gasteiger partial charge in [-0.3, -0.25) is 0 Å². The summed E-state index contributed by atoms with van der Waals surface area (Å²) in [5, 5.41) is 3.98. The van der Waals surface area contributed by atoms with E-state index in [1.165, 1.54) is 0 Å². The fourth-order valence-electron chi connectivity index (χ4n) is 2.02. The second-order valence-electron chi connectivity index (χ2n) is 4.57. The molecule has 5 heteroatoms. The van der Waals surface area contributed by atoms with E-state index in [1.807, 2.05) is 54.6 Å². The van der Waals surface area contributed by atoms with E-state index in [1.54, 1.807) is 7.11 Å². The smallest absolute Gasteiger partial charge is 0.248 e. The first kappa shape index (κ1) is 13.3. The first-order valence-electron chi connectivity index (χ1n) is 6.56. The third kappa shape index (κ3) is 2.78. The van der Waals surface area contributed by atoms with E-state index < -0.39 is 6.04 Å². The van der Waals surface area contributed by atoms with E-state index in [2.05, 4.69) is 10.1 Å². The van der Waals surface area contributed by atoms with Crippen LogP contribution in [0.3, 0.4) is 0 Å². The molecule has 0 amide bonds. The van der Waals surface area contributed by atoms with Gasteiger partial charge in [-0.1, -0.05) is 35.5 Å². The van der Waals surface area contributed by atoms with Crippen molar-refractivity contribution in [1.82, 2.24) is 10.1 Å². The highest BCUT2D eigenvalue weighted by Crippen LogP contribution is 2.23. The topological polar surface area (TPSA) is 74.2 Å². The predicted molar refractivity (Wildman–Crippen MR) is 78.8 cm³/mol. The number of benzene rings is 2. The van der Waals surface area contributed by atoms with Gasteiger partial charge in [0, 0.05) is 5.56 Å². The normalized spacial score (nSPS) is 12.1. The van der Waals surface area contributed by atoms with Gasteiger partial charge in [0.05, 0.1) is 7.11 Å². The van der Waals surface area contributed by atoms with Crippen LogP contribution in [0.15, 0.2) is 59.1 Å². The number of hydrogen-bond acceptors (Lipinski definition) is 5. The number of rotatable bonds is 4. The third-order valence-electron chi connectivity index (χ3n) is 3.21. The lowest BCUT2D eigenvalue weighted by molar-refractivity contribution is 0.367. The van der Waals surface area contributed by atoms with Gasteiger partial charge in [0.15, 0.2) is 0 Å². The van der Waals surface area contributed by atoms with Crippen molar-refractivity contribution in [2.75, 3.05) is 7.11 Å². The van der Waals surface area contributed by atoms with Crippen LogP contribution in [0, 0.1) is 0 Å². The van der Waals surface area contributed by atoms with E-state index >= 15 is 0 Å². The maximum Gasteiger partial charge on any atom is 0.248 e. The highest BCUT2D eigenvalue weighted by molar-refractivity contribution is 5.55. The lowest BCUT2D eigenvalue weighted by atomic mass is 10.1. The fourth-order valence-corrected chi connectivity index (χ4v) is 2.02. The van der Waals surface area contributed by atoms with E-state index in [-0.39, 0.29) is 0 Å². The van der Waals surface area contributed by atoms with Crippen molar-refractivity contribution in [2.24, 2.45) is 5.73 Å². The Hall–Kier alpha value is -2.66. The fraction of sp³-hybridized carbons (Fsp3) is 0.125. The Morgan fingerprint density at radius 1 is 1.05 bits per heavy atom. The van der Waals surface area contributed by atoms with Crippen LogP contribution in [-0.4, -0.2) is 17.3 Å². The largest absolute Gasteiger partial charge is 0.497 e. The second-order valence-corrected chi connectivity index (χ2v) is 4.57. The van der Waals surface area contributed by atoms with E-state index in [0.717, 1.165) is 16.9 Å². The highest BCUT2D eigenvalue weighted by atomic mass is 16.5. The van der Waals surface area contributed by atoms with E-state index in [9.17, 15) is 0 Å². The van der Waals surface area contributed by atoms with Crippen LogP contribution in [0.4, 0.5) is 0 Å². The summed E-state index contributed by atoms with van der Waals surface area (Å²) in [6.07, 6.45) is 0. The van der Waals surface area contributed by atoms with Crippen molar-refractivity contribution in [2.45, 2.75) is 6.04 Å². The molecular formula is C16H15N3O2. The minimum absolute atomic E-state index is 0.395. The quantitative estimate of drug-likeness (QED) is 0.796. The molecule has 106 valence electrons. The van der Waals surface area contributed by atoms with Crippen LogP contribution >= 0.6 is 0 Å². The number of methoxy groups -OCH3 is 1. The predicted octanol–water partition coefficient (Wildman–Crippen LogP) is 2.79. The molecule has 0 saturated heterocycles. The lowest BCUT2D eigenvalue weighted by Gasteiger charge is -2.05. The molecule has 0 aliphatic rings. The summed E-state index contributed by atoms with van der Waals surface area (Å²) in [6, 6.07) is 16.7. The summed E-state index contributed by atoms with van der Waals surface area (Å²) in [6.45, 7) is 0. The Morgan fingerprint density at radius 2 is 1.76 bits per heavy atom. The molecule has 21 heavy (non-hydrogen) atoms. The Bertz CT molecular complexity index is 708. The Labute approximate surface area is 122 Å². The molecule has 0 aliphatic carbocycles. The van der Waals surface area contributed by atoms with Gasteiger partial charge in [-0.15, -0.1) is 0 Å². The van der Waals surface area contributed by atoms with E-state index in [4.69, 9.17) is 15.0 Å². The summed E-state index contributed by atoms with van der Waals surface area (Å²) in [7, 11) is 1.63. The molecule has 0 aliphatic heterocycles. The Morgan fingerprint density at radius 3 is 2.43 bits per heavy atom. The Kier molecular flexibility index (Phi) is 3.66. The second kappa shape index (κ2) is 5.76. The van der Waals surface area contributed by atoms with Gasteiger partial charge in [0.25, 0.3) is 0 Å². The molecular weight excluding hydrogens is 266 g/mol. The van der Waals surface area contributed by atoms with Gasteiger partial charge >= 0.3 is 0 Å². The van der Waals surface area contributed by atoms with Crippen LogP contribution in [-0.2, 0) is 0 Å². The molecule has 3 aromatic rings. The van der Waals surface area contributed by atoms with Crippen molar-refractivity contribution in [3.05, 3.63) is 66.1 Å². The summed E-state index contributed by atoms with van der Waals surface area (Å²) in [5.74, 6) is 1.69. The molecule has 2 N–H and O–H groups in total. The molecule has 2 aromatic carbocycles.